The third-order valence-corrected chi connectivity index (χ3v) is 41.3. The Morgan fingerprint density at radius 2 is 0.674 bits per heavy atom. The van der Waals surface area contributed by atoms with Crippen LogP contribution in [0.15, 0.2) is 206 Å². The zero-order valence-electron chi connectivity index (χ0n) is 94.4. The predicted molar refractivity (Wildman–Crippen MR) is 637 cm³/mol. The number of anilines is 12. The number of hydrogen-bond donors (Lipinski definition) is 0. The molecule has 9 heteroatoms. The van der Waals surface area contributed by atoms with Crippen molar-refractivity contribution in [3.63, 3.8) is 0 Å². The first kappa shape index (κ1) is 98.8. The topological polar surface area (TPSA) is 13.0 Å². The Morgan fingerprint density at radius 1 is 0.278 bits per heavy atom. The molecule has 4 nitrogen and oxygen atoms in total. The monoisotopic (exact) mass is 1950 g/mol. The van der Waals surface area contributed by atoms with Crippen molar-refractivity contribution in [1.29, 1.82) is 0 Å². The average Bonchev–Trinajstić information content (AvgIpc) is 1.40. The Hall–Kier alpha value is -9.89. The molecule has 0 saturated carbocycles. The van der Waals surface area contributed by atoms with Crippen LogP contribution >= 0.6 is 22.7 Å². The lowest BCUT2D eigenvalue weighted by atomic mass is 9.33. The van der Waals surface area contributed by atoms with Crippen LogP contribution in [0.3, 0.4) is 0 Å². The molecular formula is C135H160B2N4S2Si. The fourth-order valence-electron chi connectivity index (χ4n) is 27.1. The third-order valence-electron chi connectivity index (χ3n) is 37.0. The van der Waals surface area contributed by atoms with Gasteiger partial charge in [0, 0.05) is 66.3 Å². The van der Waals surface area contributed by atoms with Crippen LogP contribution in [-0.4, -0.2) is 21.5 Å². The van der Waals surface area contributed by atoms with Gasteiger partial charge in [-0.3, -0.25) is 0 Å². The molecule has 6 heterocycles. The van der Waals surface area contributed by atoms with Crippen LogP contribution in [0.2, 0.25) is 19.6 Å². The molecule has 0 saturated heterocycles. The zero-order chi connectivity index (χ0) is 103. The van der Waals surface area contributed by atoms with Crippen molar-refractivity contribution in [3.8, 4) is 22.3 Å². The van der Waals surface area contributed by atoms with Crippen LogP contribution in [0.5, 0.6) is 0 Å². The molecule has 14 aromatic rings. The highest BCUT2D eigenvalue weighted by Crippen LogP contribution is 2.62. The largest absolute Gasteiger partial charge is 0.311 e. The summed E-state index contributed by atoms with van der Waals surface area (Å²) in [5.74, 6) is 0.155. The van der Waals surface area contributed by atoms with Crippen molar-refractivity contribution in [1.82, 2.24) is 0 Å². The van der Waals surface area contributed by atoms with Gasteiger partial charge in [-0.1, -0.05) is 357 Å². The molecule has 4 aliphatic heterocycles. The summed E-state index contributed by atoms with van der Waals surface area (Å²) in [6.45, 7) is 91.3. The quantitative estimate of drug-likeness (QED) is 0.141. The maximum Gasteiger partial charge on any atom is 0.254 e. The second kappa shape index (κ2) is 31.8. The van der Waals surface area contributed by atoms with E-state index in [-0.39, 0.29) is 95.2 Å². The first-order valence-electron chi connectivity index (χ1n) is 54.6. The van der Waals surface area contributed by atoms with Crippen molar-refractivity contribution in [3.05, 3.63) is 290 Å². The van der Waals surface area contributed by atoms with Gasteiger partial charge >= 0.3 is 0 Å². The van der Waals surface area contributed by atoms with Crippen LogP contribution in [0.4, 0.5) is 66.9 Å². The first-order chi connectivity index (χ1) is 66.7. The summed E-state index contributed by atoms with van der Waals surface area (Å²) in [5, 5.41) is 6.95. The molecule has 4 aliphatic carbocycles. The molecule has 2 aromatic heterocycles. The van der Waals surface area contributed by atoms with Crippen molar-refractivity contribution in [2.75, 3.05) is 19.6 Å². The predicted octanol–water partition coefficient (Wildman–Crippen LogP) is 34.7. The van der Waals surface area contributed by atoms with E-state index in [1.807, 2.05) is 0 Å². The van der Waals surface area contributed by atoms with E-state index in [1.54, 1.807) is 0 Å². The first-order valence-corrected chi connectivity index (χ1v) is 59.8. The molecule has 8 aliphatic rings. The molecule has 742 valence electrons. The second-order valence-electron chi connectivity index (χ2n) is 58.1. The van der Waals surface area contributed by atoms with Crippen LogP contribution in [0.1, 0.15) is 370 Å². The summed E-state index contributed by atoms with van der Waals surface area (Å²) >= 11 is 4.11. The fraction of sp³-hybridized carbons (Fsp3) is 0.437. The van der Waals surface area contributed by atoms with E-state index >= 15 is 0 Å². The maximum atomic E-state index is 2.82. The summed E-state index contributed by atoms with van der Waals surface area (Å²) in [7, 11) is -1.66. The second-order valence-corrected chi connectivity index (χ2v) is 65.3. The molecule has 1 unspecified atom stereocenters. The number of benzene rings is 12. The summed E-state index contributed by atoms with van der Waals surface area (Å²) in [5.41, 5.74) is 46.1. The molecule has 1 atom stereocenters. The van der Waals surface area contributed by atoms with Gasteiger partial charge in [-0.05, 0) is 385 Å². The summed E-state index contributed by atoms with van der Waals surface area (Å²) in [6.07, 6.45) is 7.91. The van der Waals surface area contributed by atoms with Gasteiger partial charge in [0.2, 0.25) is 0 Å². The summed E-state index contributed by atoms with van der Waals surface area (Å²) in [6, 6.07) is 87.6. The van der Waals surface area contributed by atoms with Gasteiger partial charge in [0.1, 0.15) is 0 Å². The molecule has 0 amide bonds. The molecule has 0 bridgehead atoms. The molecular weight excluding hydrogens is 1790 g/mol. The highest BCUT2D eigenvalue weighted by molar-refractivity contribution is 7.27. The van der Waals surface area contributed by atoms with Crippen molar-refractivity contribution in [2.45, 2.75) is 382 Å². The minimum atomic E-state index is -1.66. The van der Waals surface area contributed by atoms with E-state index < -0.39 is 8.07 Å². The Balaban J connectivity index is 0.775. The maximum absolute atomic E-state index is 2.82. The third kappa shape index (κ3) is 15.6. The molecule has 22 rings (SSSR count). The Morgan fingerprint density at radius 3 is 1.14 bits per heavy atom. The Labute approximate surface area is 875 Å². The lowest BCUT2D eigenvalue weighted by Gasteiger charge is -2.48. The minimum Gasteiger partial charge on any atom is -0.311 e. The van der Waals surface area contributed by atoms with E-state index in [2.05, 4.69) is 504 Å². The molecule has 12 aromatic carbocycles. The Bertz CT molecular complexity index is 7690. The van der Waals surface area contributed by atoms with Crippen LogP contribution in [0.25, 0.3) is 42.4 Å². The SMILES string of the molecule is CC(C)(C)c1ccc(N2c3ccc(C(C)(C)C)cc3B3c4c2cc(-c2ccc(C5CC(C)(C)c6cc7sc8c(c7cc6C5(C)C)B5c6ccc(C(C)(C)C)cc6N(c6cc(C(C)(C)C)cc(C(C)(C)C)c6)c6cc(-c7ccc([Si](C)(C)C)cc7)cc(c65)N8c5ccc6c(c5)C(C)(C)CCC6(C)C)cc2C(C)(C)C)cc4N(c2ccc4c(c2)C(C)(C)CCC4(C)C)c2sc4cc5c(cc4c23)C(C)(C)CCC5(C)C)cc1. The van der Waals surface area contributed by atoms with E-state index in [4.69, 9.17) is 0 Å². The number of rotatable bonds is 8. The summed E-state index contributed by atoms with van der Waals surface area (Å²) in [4.78, 5) is 11.1. The van der Waals surface area contributed by atoms with E-state index in [9.17, 15) is 0 Å². The smallest absolute Gasteiger partial charge is 0.254 e. The Kier molecular flexibility index (Phi) is 21.8. The van der Waals surface area contributed by atoms with Gasteiger partial charge in [-0.15, -0.1) is 22.7 Å². The zero-order valence-corrected chi connectivity index (χ0v) is 97.1. The van der Waals surface area contributed by atoms with Crippen LogP contribution < -0.4 is 57.6 Å². The highest BCUT2D eigenvalue weighted by Gasteiger charge is 2.54. The van der Waals surface area contributed by atoms with E-state index in [1.165, 1.54) is 237 Å². The van der Waals surface area contributed by atoms with E-state index in [0.29, 0.717) is 0 Å². The standard InChI is InChI=1S/C135H160B2N4S2Si/c1-122(2,3)83-41-45-88(46-42-83)138-108-55-44-84(123(4,5)6)70-107(108)137-117-94-74-101-102(133(29,30)61-60-132(101,27)28)76-114(94)142-121(117)141(90-48-53-97-100(73-90)131(25,26)59-57-129(97,21)22)113-66-82(65-111(138)119(113)137)93-51-40-80(62-98(93)127(16,17)18)105-78-134(31,32)103-77-115-95(75-104(103)135(105,33)34)116-120(143-115)140(89-47-52-96-99(72-89)130(23,24)58-56-128(96,19)20)112-64-81(79-38-49-92(50-39-79)144(35,36)37)63-110-118(112)136(116)106-54-43-85(124(7,8)9)71-109(106)139(110)91-68-86(125(10,11)12)67-87(69-91)126(13,14)15/h38-55,62-77,105H,56-61,78H2,1-37H3. The number of thiophene rings is 2. The normalized spacial score (nSPS) is 19.1. The number of hydrogen-bond acceptors (Lipinski definition) is 6. The fourth-order valence-corrected chi connectivity index (χ4v) is 30.9. The van der Waals surface area contributed by atoms with Crippen molar-refractivity contribution < 1.29 is 0 Å². The van der Waals surface area contributed by atoms with Gasteiger partial charge in [0.15, 0.2) is 0 Å². The molecule has 0 fully saturated rings. The lowest BCUT2D eigenvalue weighted by Crippen LogP contribution is -2.61. The lowest BCUT2D eigenvalue weighted by molar-refractivity contribution is 0.283. The van der Waals surface area contributed by atoms with Gasteiger partial charge in [-0.2, -0.15) is 0 Å². The summed E-state index contributed by atoms with van der Waals surface area (Å²) < 4.78 is 2.76. The van der Waals surface area contributed by atoms with Crippen LogP contribution in [0, 0.1) is 0 Å². The molecule has 144 heavy (non-hydrogen) atoms. The van der Waals surface area contributed by atoms with Gasteiger partial charge in [0.05, 0.1) is 18.1 Å². The molecule has 0 spiro atoms. The van der Waals surface area contributed by atoms with Crippen molar-refractivity contribution >= 4 is 169 Å². The highest BCUT2D eigenvalue weighted by atomic mass is 32.1. The van der Waals surface area contributed by atoms with Gasteiger partial charge in [0.25, 0.3) is 13.4 Å². The number of nitrogens with zero attached hydrogens (tertiary/aromatic N) is 4. The van der Waals surface area contributed by atoms with Crippen molar-refractivity contribution in [2.24, 2.45) is 0 Å². The molecule has 0 N–H and O–H groups in total. The van der Waals surface area contributed by atoms with E-state index in [0.717, 1.165) is 38.5 Å². The molecule has 0 radical (unpaired) electrons. The van der Waals surface area contributed by atoms with Gasteiger partial charge in [-0.25, -0.2) is 0 Å². The van der Waals surface area contributed by atoms with Crippen LogP contribution in [-0.2, 0) is 75.8 Å². The minimum absolute atomic E-state index is 0.0128. The number of fused-ring (bicyclic) bond motifs is 16. The van der Waals surface area contributed by atoms with Gasteiger partial charge < -0.3 is 19.6 Å². The average molecular weight is 1950 g/mol.